The van der Waals surface area contributed by atoms with E-state index in [1.54, 1.807) is 0 Å². The topological polar surface area (TPSA) is 9.23 Å². The van der Waals surface area contributed by atoms with Gasteiger partial charge in [-0.2, -0.15) is 0 Å². The number of benzene rings is 1. The van der Waals surface area contributed by atoms with E-state index < -0.39 is 0 Å². The van der Waals surface area contributed by atoms with Gasteiger partial charge in [-0.25, -0.2) is 0 Å². The predicted octanol–water partition coefficient (Wildman–Crippen LogP) is 2.56. The highest BCUT2D eigenvalue weighted by Gasteiger charge is 2.12. The quantitative estimate of drug-likeness (QED) is 0.691. The molecule has 1 rings (SSSR count). The average Bonchev–Trinajstić information content (AvgIpc) is 2.27. The van der Waals surface area contributed by atoms with Crippen LogP contribution in [0.3, 0.4) is 0 Å². The van der Waals surface area contributed by atoms with Crippen molar-refractivity contribution in [2.24, 2.45) is 0 Å². The SMILES string of the molecule is CCC(C)c1ccccc1C(C)O[SiH3]. The molecule has 2 unspecified atom stereocenters. The van der Waals surface area contributed by atoms with Gasteiger partial charge in [0.2, 0.25) is 0 Å². The normalized spacial score (nSPS) is 15.4. The molecule has 0 aliphatic rings. The van der Waals surface area contributed by atoms with Crippen molar-refractivity contribution in [1.29, 1.82) is 0 Å². The van der Waals surface area contributed by atoms with Crippen molar-refractivity contribution in [2.75, 3.05) is 0 Å². The van der Waals surface area contributed by atoms with Gasteiger partial charge in [0.25, 0.3) is 0 Å². The van der Waals surface area contributed by atoms with E-state index in [2.05, 4.69) is 45.0 Å². The van der Waals surface area contributed by atoms with E-state index in [-0.39, 0.29) is 6.10 Å². The lowest BCUT2D eigenvalue weighted by Crippen LogP contribution is -2.04. The first-order chi connectivity index (χ1) is 6.70. The summed E-state index contributed by atoms with van der Waals surface area (Å²) in [5.41, 5.74) is 2.80. The summed E-state index contributed by atoms with van der Waals surface area (Å²) in [4.78, 5) is 0. The fourth-order valence-electron chi connectivity index (χ4n) is 1.68. The molecule has 0 aliphatic heterocycles. The second-order valence-corrected chi connectivity index (χ2v) is 4.29. The molecule has 0 heterocycles. The molecule has 0 aliphatic carbocycles. The van der Waals surface area contributed by atoms with Crippen LogP contribution in [-0.4, -0.2) is 10.5 Å². The maximum Gasteiger partial charge on any atom is 0.146 e. The maximum atomic E-state index is 5.51. The van der Waals surface area contributed by atoms with Crippen LogP contribution < -0.4 is 0 Å². The van der Waals surface area contributed by atoms with Crippen molar-refractivity contribution in [3.8, 4) is 0 Å². The molecule has 0 spiro atoms. The van der Waals surface area contributed by atoms with Crippen LogP contribution in [0.15, 0.2) is 24.3 Å². The Bertz CT molecular complexity index is 256. The molecule has 0 N–H and O–H groups in total. The zero-order chi connectivity index (χ0) is 10.6. The van der Waals surface area contributed by atoms with Crippen LogP contribution in [0, 0.1) is 0 Å². The standard InChI is InChI=1S/C12H20OSi/c1-4-9(2)11-7-5-6-8-12(11)10(3)13-14/h5-10H,4H2,1-3,14H3. The largest absolute Gasteiger partial charge is 0.421 e. The molecule has 0 saturated carbocycles. The Kier molecular flexibility index (Phi) is 4.36. The third-order valence-corrected chi connectivity index (χ3v) is 3.64. The van der Waals surface area contributed by atoms with Crippen LogP contribution in [0.2, 0.25) is 0 Å². The summed E-state index contributed by atoms with van der Waals surface area (Å²) in [6.45, 7) is 6.64. The van der Waals surface area contributed by atoms with Crippen molar-refractivity contribution < 1.29 is 4.43 Å². The van der Waals surface area contributed by atoms with Crippen LogP contribution in [0.1, 0.15) is 50.3 Å². The summed E-state index contributed by atoms with van der Waals surface area (Å²) in [6.07, 6.45) is 1.44. The Hall–Kier alpha value is -0.603. The Balaban J connectivity index is 3.02. The van der Waals surface area contributed by atoms with Crippen LogP contribution >= 0.6 is 0 Å². The predicted molar refractivity (Wildman–Crippen MR) is 64.6 cm³/mol. The monoisotopic (exact) mass is 208 g/mol. The van der Waals surface area contributed by atoms with Crippen LogP contribution in [0.25, 0.3) is 0 Å². The van der Waals surface area contributed by atoms with E-state index in [0.717, 1.165) is 10.5 Å². The van der Waals surface area contributed by atoms with Crippen LogP contribution in [0.5, 0.6) is 0 Å². The van der Waals surface area contributed by atoms with Crippen molar-refractivity contribution in [3.63, 3.8) is 0 Å². The molecule has 0 bridgehead atoms. The molecular formula is C12H20OSi. The molecule has 0 radical (unpaired) electrons. The van der Waals surface area contributed by atoms with Gasteiger partial charge in [0.15, 0.2) is 0 Å². The summed E-state index contributed by atoms with van der Waals surface area (Å²) >= 11 is 0. The number of rotatable bonds is 4. The second kappa shape index (κ2) is 5.32. The van der Waals surface area contributed by atoms with Crippen molar-refractivity contribution in [3.05, 3.63) is 35.4 Å². The lowest BCUT2D eigenvalue weighted by atomic mass is 9.92. The van der Waals surface area contributed by atoms with E-state index in [0.29, 0.717) is 5.92 Å². The van der Waals surface area contributed by atoms with Crippen LogP contribution in [0.4, 0.5) is 0 Å². The summed E-state index contributed by atoms with van der Waals surface area (Å²) in [6, 6.07) is 8.62. The first-order valence-electron chi connectivity index (χ1n) is 5.32. The zero-order valence-corrected chi connectivity index (χ0v) is 11.6. The van der Waals surface area contributed by atoms with Gasteiger partial charge in [-0.05, 0) is 30.4 Å². The molecule has 1 nitrogen and oxygen atoms in total. The van der Waals surface area contributed by atoms with Crippen LogP contribution in [-0.2, 0) is 4.43 Å². The highest BCUT2D eigenvalue weighted by molar-refractivity contribution is 5.98. The molecule has 14 heavy (non-hydrogen) atoms. The van der Waals surface area contributed by atoms with E-state index in [1.807, 2.05) is 0 Å². The Morgan fingerprint density at radius 3 is 2.29 bits per heavy atom. The van der Waals surface area contributed by atoms with Gasteiger partial charge in [-0.3, -0.25) is 0 Å². The van der Waals surface area contributed by atoms with Gasteiger partial charge < -0.3 is 4.43 Å². The summed E-state index contributed by atoms with van der Waals surface area (Å²) in [5.74, 6) is 0.630. The highest BCUT2D eigenvalue weighted by Crippen LogP contribution is 2.28. The van der Waals surface area contributed by atoms with E-state index in [4.69, 9.17) is 4.43 Å². The minimum Gasteiger partial charge on any atom is -0.421 e. The maximum absolute atomic E-state index is 5.51. The Morgan fingerprint density at radius 2 is 1.79 bits per heavy atom. The molecule has 1 aromatic carbocycles. The van der Waals surface area contributed by atoms with Gasteiger partial charge in [-0.15, -0.1) is 0 Å². The molecule has 1 aromatic rings. The smallest absolute Gasteiger partial charge is 0.146 e. The number of hydrogen-bond donors (Lipinski definition) is 0. The molecule has 78 valence electrons. The minimum absolute atomic E-state index is 0.256. The highest BCUT2D eigenvalue weighted by atomic mass is 28.2. The van der Waals surface area contributed by atoms with E-state index >= 15 is 0 Å². The zero-order valence-electron chi connectivity index (χ0n) is 9.58. The van der Waals surface area contributed by atoms with Gasteiger partial charge >= 0.3 is 0 Å². The first-order valence-corrected chi connectivity index (χ1v) is 6.14. The molecule has 0 aromatic heterocycles. The van der Waals surface area contributed by atoms with Gasteiger partial charge in [0.05, 0.1) is 6.10 Å². The summed E-state index contributed by atoms with van der Waals surface area (Å²) in [7, 11) is 0.803. The van der Waals surface area contributed by atoms with E-state index in [9.17, 15) is 0 Å². The van der Waals surface area contributed by atoms with E-state index in [1.165, 1.54) is 17.5 Å². The Labute approximate surface area is 90.0 Å². The lowest BCUT2D eigenvalue weighted by Gasteiger charge is -2.19. The fraction of sp³-hybridized carbons (Fsp3) is 0.500. The molecule has 0 amide bonds. The summed E-state index contributed by atoms with van der Waals surface area (Å²) < 4.78 is 5.51. The third kappa shape index (κ3) is 2.46. The average molecular weight is 208 g/mol. The van der Waals surface area contributed by atoms with Crippen molar-refractivity contribution >= 4 is 10.5 Å². The third-order valence-electron chi connectivity index (χ3n) is 2.93. The molecule has 2 atom stereocenters. The molecule has 0 fully saturated rings. The van der Waals surface area contributed by atoms with Crippen molar-refractivity contribution in [2.45, 2.75) is 39.2 Å². The molecular weight excluding hydrogens is 188 g/mol. The minimum atomic E-state index is 0.256. The second-order valence-electron chi connectivity index (χ2n) is 3.82. The van der Waals surface area contributed by atoms with Crippen molar-refractivity contribution in [1.82, 2.24) is 0 Å². The molecule has 0 saturated heterocycles. The lowest BCUT2D eigenvalue weighted by molar-refractivity contribution is 0.248. The van der Waals surface area contributed by atoms with Gasteiger partial charge in [-0.1, -0.05) is 38.1 Å². The number of hydrogen-bond acceptors (Lipinski definition) is 1. The molecule has 2 heteroatoms. The van der Waals surface area contributed by atoms with Gasteiger partial charge in [0, 0.05) is 0 Å². The first kappa shape index (κ1) is 11.5. The Morgan fingerprint density at radius 1 is 1.21 bits per heavy atom. The summed E-state index contributed by atoms with van der Waals surface area (Å²) in [5, 5.41) is 0. The van der Waals surface area contributed by atoms with Gasteiger partial charge in [0.1, 0.15) is 10.5 Å². The fourth-order valence-corrected chi connectivity index (χ4v) is 1.93.